The molecule has 0 saturated carbocycles. The number of primary amides is 1. The second-order valence-electron chi connectivity index (χ2n) is 5.65. The molecular formula is C19H16N4OS. The lowest BCUT2D eigenvalue weighted by Crippen LogP contribution is -2.12. The van der Waals surface area contributed by atoms with Crippen LogP contribution in [0.25, 0.3) is 22.2 Å². The minimum Gasteiger partial charge on any atom is -0.379 e. The molecule has 0 atom stereocenters. The van der Waals surface area contributed by atoms with Gasteiger partial charge < -0.3 is 16.0 Å². The monoisotopic (exact) mass is 348 g/mol. The van der Waals surface area contributed by atoms with E-state index in [0.717, 1.165) is 33.4 Å². The third-order valence-electron chi connectivity index (χ3n) is 4.11. The number of aromatic nitrogens is 2. The van der Waals surface area contributed by atoms with E-state index in [2.05, 4.69) is 15.3 Å². The maximum atomic E-state index is 11.8. The van der Waals surface area contributed by atoms with Crippen LogP contribution in [0.5, 0.6) is 0 Å². The molecular weight excluding hydrogens is 332 g/mol. The van der Waals surface area contributed by atoms with Crippen molar-refractivity contribution < 1.29 is 4.79 Å². The van der Waals surface area contributed by atoms with Crippen LogP contribution < -0.4 is 11.1 Å². The molecule has 0 saturated heterocycles. The summed E-state index contributed by atoms with van der Waals surface area (Å²) in [4.78, 5) is 19.8. The largest absolute Gasteiger partial charge is 0.379 e. The van der Waals surface area contributed by atoms with E-state index in [1.807, 2.05) is 54.0 Å². The van der Waals surface area contributed by atoms with E-state index < -0.39 is 5.91 Å². The number of pyridine rings is 1. The first-order chi connectivity index (χ1) is 12.2. The molecule has 5 nitrogen and oxygen atoms in total. The van der Waals surface area contributed by atoms with Crippen LogP contribution in [0.1, 0.15) is 15.2 Å². The molecule has 1 amide bonds. The highest BCUT2D eigenvalue weighted by Crippen LogP contribution is 2.36. The number of amides is 1. The van der Waals surface area contributed by atoms with Gasteiger partial charge in [-0.15, -0.1) is 11.3 Å². The Hall–Kier alpha value is -3.12. The zero-order valence-corrected chi connectivity index (χ0v) is 14.1. The number of benzene rings is 1. The number of thiophene rings is 1. The smallest absolute Gasteiger partial charge is 0.260 e. The van der Waals surface area contributed by atoms with Crippen molar-refractivity contribution in [3.05, 3.63) is 70.7 Å². The molecule has 0 unspecified atom stereocenters. The van der Waals surface area contributed by atoms with E-state index in [1.54, 1.807) is 6.20 Å². The predicted octanol–water partition coefficient (Wildman–Crippen LogP) is 4.00. The summed E-state index contributed by atoms with van der Waals surface area (Å²) in [5.74, 6) is -0.420. The molecule has 6 heteroatoms. The standard InChI is InChI=1S/C19H16N4OS/c20-18(24)17-16(15(11-25-17)12-4-2-1-3-5-12)23-10-13-6-8-21-19-14(13)7-9-22-19/h1-9,11,23H,10H2,(H2,20,24)(H,21,22). The van der Waals surface area contributed by atoms with Gasteiger partial charge >= 0.3 is 0 Å². The minimum atomic E-state index is -0.420. The van der Waals surface area contributed by atoms with E-state index >= 15 is 0 Å². The molecule has 1 aromatic carbocycles. The average Bonchev–Trinajstić information content (AvgIpc) is 3.27. The fourth-order valence-corrected chi connectivity index (χ4v) is 3.81. The first kappa shape index (κ1) is 15.4. The number of carbonyl (C=O) groups is 1. The van der Waals surface area contributed by atoms with Crippen LogP contribution in [-0.2, 0) is 6.54 Å². The summed E-state index contributed by atoms with van der Waals surface area (Å²) in [6, 6.07) is 13.9. The molecule has 4 N–H and O–H groups in total. The highest BCUT2D eigenvalue weighted by molar-refractivity contribution is 7.13. The van der Waals surface area contributed by atoms with E-state index in [-0.39, 0.29) is 0 Å². The van der Waals surface area contributed by atoms with Crippen LogP contribution in [0.4, 0.5) is 5.69 Å². The number of carbonyl (C=O) groups excluding carboxylic acids is 1. The van der Waals surface area contributed by atoms with Crippen molar-refractivity contribution in [2.24, 2.45) is 5.73 Å². The normalized spacial score (nSPS) is 10.9. The van der Waals surface area contributed by atoms with Crippen LogP contribution in [0.15, 0.2) is 60.2 Å². The van der Waals surface area contributed by atoms with Gasteiger partial charge in [0, 0.05) is 35.3 Å². The number of nitrogens with one attached hydrogen (secondary N) is 2. The van der Waals surface area contributed by atoms with Crippen LogP contribution in [0.2, 0.25) is 0 Å². The van der Waals surface area contributed by atoms with Crippen LogP contribution >= 0.6 is 11.3 Å². The third-order valence-corrected chi connectivity index (χ3v) is 5.10. The molecule has 0 bridgehead atoms. The summed E-state index contributed by atoms with van der Waals surface area (Å²) >= 11 is 1.36. The van der Waals surface area contributed by atoms with Crippen molar-refractivity contribution in [3.63, 3.8) is 0 Å². The highest BCUT2D eigenvalue weighted by atomic mass is 32.1. The Morgan fingerprint density at radius 3 is 2.84 bits per heavy atom. The lowest BCUT2D eigenvalue weighted by Gasteiger charge is -2.11. The van der Waals surface area contributed by atoms with Crippen molar-refractivity contribution in [2.75, 3.05) is 5.32 Å². The number of rotatable bonds is 5. The Morgan fingerprint density at radius 2 is 2.04 bits per heavy atom. The van der Waals surface area contributed by atoms with Crippen molar-refractivity contribution >= 4 is 34.0 Å². The highest BCUT2D eigenvalue weighted by Gasteiger charge is 2.17. The van der Waals surface area contributed by atoms with E-state index in [1.165, 1.54) is 11.3 Å². The number of hydrogen-bond acceptors (Lipinski definition) is 4. The molecule has 3 aromatic heterocycles. The van der Waals surface area contributed by atoms with Crippen molar-refractivity contribution in [3.8, 4) is 11.1 Å². The second kappa shape index (κ2) is 6.41. The molecule has 25 heavy (non-hydrogen) atoms. The summed E-state index contributed by atoms with van der Waals surface area (Å²) in [6.45, 7) is 0.577. The van der Waals surface area contributed by atoms with Crippen LogP contribution in [0, 0.1) is 0 Å². The van der Waals surface area contributed by atoms with Crippen LogP contribution in [0.3, 0.4) is 0 Å². The van der Waals surface area contributed by atoms with Gasteiger partial charge in [-0.3, -0.25) is 4.79 Å². The molecule has 4 rings (SSSR count). The van der Waals surface area contributed by atoms with Gasteiger partial charge in [-0.1, -0.05) is 30.3 Å². The average molecular weight is 348 g/mol. The van der Waals surface area contributed by atoms with Gasteiger partial charge in [0.05, 0.1) is 5.69 Å². The topological polar surface area (TPSA) is 83.8 Å². The molecule has 0 radical (unpaired) electrons. The first-order valence-corrected chi connectivity index (χ1v) is 8.73. The van der Waals surface area contributed by atoms with Gasteiger partial charge in [-0.2, -0.15) is 0 Å². The molecule has 0 spiro atoms. The van der Waals surface area contributed by atoms with Gasteiger partial charge in [-0.25, -0.2) is 4.98 Å². The van der Waals surface area contributed by atoms with Crippen molar-refractivity contribution in [2.45, 2.75) is 6.54 Å². The zero-order valence-electron chi connectivity index (χ0n) is 13.3. The lowest BCUT2D eigenvalue weighted by atomic mass is 10.1. The van der Waals surface area contributed by atoms with Crippen molar-refractivity contribution in [1.82, 2.24) is 9.97 Å². The molecule has 124 valence electrons. The van der Waals surface area contributed by atoms with Gasteiger partial charge in [0.15, 0.2) is 0 Å². The van der Waals surface area contributed by atoms with Gasteiger partial charge in [0.2, 0.25) is 0 Å². The predicted molar refractivity (Wildman–Crippen MR) is 102 cm³/mol. The van der Waals surface area contributed by atoms with Crippen molar-refractivity contribution in [1.29, 1.82) is 0 Å². The fourth-order valence-electron chi connectivity index (χ4n) is 2.90. The summed E-state index contributed by atoms with van der Waals surface area (Å²) in [6.07, 6.45) is 3.65. The maximum absolute atomic E-state index is 11.8. The second-order valence-corrected chi connectivity index (χ2v) is 6.53. The molecule has 0 aliphatic heterocycles. The molecule has 3 heterocycles. The third kappa shape index (κ3) is 2.88. The number of H-pyrrole nitrogens is 1. The number of anilines is 1. The Balaban J connectivity index is 1.71. The number of nitrogens with zero attached hydrogens (tertiary/aromatic N) is 1. The summed E-state index contributed by atoms with van der Waals surface area (Å²) in [7, 11) is 0. The minimum absolute atomic E-state index is 0.420. The quantitative estimate of drug-likeness (QED) is 0.510. The summed E-state index contributed by atoms with van der Waals surface area (Å²) in [5, 5.41) is 6.44. The molecule has 0 aliphatic rings. The summed E-state index contributed by atoms with van der Waals surface area (Å²) in [5.41, 5.74) is 10.3. The number of nitrogens with two attached hydrogens (primary N) is 1. The Bertz CT molecular complexity index is 1040. The number of aromatic amines is 1. The first-order valence-electron chi connectivity index (χ1n) is 7.85. The fraction of sp³-hybridized carbons (Fsp3) is 0.0526. The Labute approximate surface area is 148 Å². The number of fused-ring (bicyclic) bond motifs is 1. The van der Waals surface area contributed by atoms with E-state index in [0.29, 0.717) is 11.4 Å². The SMILES string of the molecule is NC(=O)c1scc(-c2ccccc2)c1NCc1ccnc2[nH]ccc12. The van der Waals surface area contributed by atoms with E-state index in [4.69, 9.17) is 5.73 Å². The summed E-state index contributed by atoms with van der Waals surface area (Å²) < 4.78 is 0. The molecule has 0 aliphatic carbocycles. The molecule has 0 fully saturated rings. The zero-order chi connectivity index (χ0) is 17.2. The lowest BCUT2D eigenvalue weighted by molar-refractivity contribution is 0.100. The van der Waals surface area contributed by atoms with Gasteiger partial charge in [0.25, 0.3) is 5.91 Å². The van der Waals surface area contributed by atoms with Gasteiger partial charge in [0.1, 0.15) is 10.5 Å². The van der Waals surface area contributed by atoms with Gasteiger partial charge in [-0.05, 0) is 23.3 Å². The van der Waals surface area contributed by atoms with E-state index in [9.17, 15) is 4.79 Å². The van der Waals surface area contributed by atoms with Crippen LogP contribution in [-0.4, -0.2) is 15.9 Å². The Morgan fingerprint density at radius 1 is 1.20 bits per heavy atom. The maximum Gasteiger partial charge on any atom is 0.260 e. The number of hydrogen-bond donors (Lipinski definition) is 3. The Kier molecular flexibility index (Phi) is 3.95. The molecule has 4 aromatic rings.